The van der Waals surface area contributed by atoms with Crippen molar-refractivity contribution in [2.45, 2.75) is 137 Å². The summed E-state index contributed by atoms with van der Waals surface area (Å²) in [5.41, 5.74) is 21.6. The van der Waals surface area contributed by atoms with Crippen LogP contribution in [0.25, 0.3) is 0 Å². The monoisotopic (exact) mass is 362 g/mol. The van der Waals surface area contributed by atoms with Gasteiger partial charge in [-0.1, -0.05) is 59.8 Å². The van der Waals surface area contributed by atoms with E-state index in [4.69, 9.17) is 22.9 Å². The average Bonchev–Trinajstić information content (AvgIpc) is 2.48. The summed E-state index contributed by atoms with van der Waals surface area (Å²) in [7, 11) is 0. The molecule has 0 aliphatic carbocycles. The van der Waals surface area contributed by atoms with Gasteiger partial charge in [-0.05, 0) is 53.4 Å². The Bertz CT molecular complexity index is 182. The van der Waals surface area contributed by atoms with Crippen LogP contribution in [0.15, 0.2) is 0 Å². The molecule has 0 bridgehead atoms. The molecule has 4 heteroatoms. The topological polar surface area (TPSA) is 104 Å². The molecule has 0 fully saturated rings. The Morgan fingerprint density at radius 3 is 0.920 bits per heavy atom. The van der Waals surface area contributed by atoms with Gasteiger partial charge < -0.3 is 22.9 Å². The summed E-state index contributed by atoms with van der Waals surface area (Å²) in [5, 5.41) is 0. The minimum absolute atomic E-state index is 0.384. The molecular formula is C21H54N4. The average molecular weight is 363 g/mol. The molecule has 158 valence electrons. The third-order valence-electron chi connectivity index (χ3n) is 3.40. The van der Waals surface area contributed by atoms with Gasteiger partial charge >= 0.3 is 0 Å². The van der Waals surface area contributed by atoms with E-state index in [0.29, 0.717) is 24.2 Å². The van der Waals surface area contributed by atoms with Crippen molar-refractivity contribution in [3.8, 4) is 0 Å². The van der Waals surface area contributed by atoms with Gasteiger partial charge in [0.1, 0.15) is 0 Å². The van der Waals surface area contributed by atoms with Crippen LogP contribution in [-0.2, 0) is 0 Å². The lowest BCUT2D eigenvalue weighted by Crippen LogP contribution is -2.13. The van der Waals surface area contributed by atoms with E-state index in [2.05, 4.69) is 34.6 Å². The lowest BCUT2D eigenvalue weighted by Gasteiger charge is -2.01. The lowest BCUT2D eigenvalue weighted by molar-refractivity contribution is 0.592. The highest BCUT2D eigenvalue weighted by Gasteiger charge is 1.90. The highest BCUT2D eigenvalue weighted by atomic mass is 14.6. The maximum Gasteiger partial charge on any atom is 0.00104 e. The molecule has 4 atom stereocenters. The van der Waals surface area contributed by atoms with E-state index in [0.717, 1.165) is 19.3 Å². The van der Waals surface area contributed by atoms with Crippen LogP contribution in [0.2, 0.25) is 0 Å². The Kier molecular flexibility index (Phi) is 37.2. The summed E-state index contributed by atoms with van der Waals surface area (Å²) in [4.78, 5) is 0. The summed E-state index contributed by atoms with van der Waals surface area (Å²) in [6.07, 6.45) is 10.9. The van der Waals surface area contributed by atoms with Crippen LogP contribution >= 0.6 is 0 Å². The van der Waals surface area contributed by atoms with Gasteiger partial charge in [-0.2, -0.15) is 0 Å². The van der Waals surface area contributed by atoms with E-state index in [-0.39, 0.29) is 0 Å². The summed E-state index contributed by atoms with van der Waals surface area (Å²) in [6.45, 7) is 16.7. The molecule has 0 aliphatic rings. The second-order valence-electron chi connectivity index (χ2n) is 7.39. The standard InChI is InChI=1S/C7H17N.2C5H13N.C4H11N/c1-3-4-5-6-7(2)8;2*1-3-4-5(2)6;1-3-4(2)5/h7H,3-6,8H2,1-2H3;2*5H,3-4,6H2,1-2H3;4H,3,5H2,1-2H3. The number of unbranched alkanes of at least 4 members (excludes halogenated alkanes) is 2. The second-order valence-corrected chi connectivity index (χ2v) is 7.39. The molecule has 4 nitrogen and oxygen atoms in total. The zero-order valence-corrected chi connectivity index (χ0v) is 19.0. The van der Waals surface area contributed by atoms with Gasteiger partial charge in [-0.3, -0.25) is 0 Å². The molecule has 4 unspecified atom stereocenters. The second kappa shape index (κ2) is 28.6. The van der Waals surface area contributed by atoms with Gasteiger partial charge in [0.2, 0.25) is 0 Å². The van der Waals surface area contributed by atoms with Gasteiger partial charge in [0.05, 0.1) is 0 Å². The predicted molar refractivity (Wildman–Crippen MR) is 119 cm³/mol. The molecule has 0 rings (SSSR count). The molecule has 0 spiro atoms. The van der Waals surface area contributed by atoms with Gasteiger partial charge in [0, 0.05) is 24.2 Å². The fourth-order valence-corrected chi connectivity index (χ4v) is 1.63. The quantitative estimate of drug-likeness (QED) is 0.437. The van der Waals surface area contributed by atoms with Crippen LogP contribution in [0.4, 0.5) is 0 Å². The summed E-state index contributed by atoms with van der Waals surface area (Å²) in [5.74, 6) is 0. The molecule has 0 saturated heterocycles. The van der Waals surface area contributed by atoms with Crippen molar-refractivity contribution < 1.29 is 0 Å². The SMILES string of the molecule is CCC(C)N.CCCC(C)N.CCCC(C)N.CCCCCC(C)N. The van der Waals surface area contributed by atoms with Crippen molar-refractivity contribution >= 4 is 0 Å². The minimum Gasteiger partial charge on any atom is -0.328 e. The summed E-state index contributed by atoms with van der Waals surface area (Å²) in [6, 6.07) is 1.58. The van der Waals surface area contributed by atoms with Crippen LogP contribution in [0.5, 0.6) is 0 Å². The van der Waals surface area contributed by atoms with Crippen molar-refractivity contribution in [2.24, 2.45) is 22.9 Å². The maximum atomic E-state index is 5.53. The molecular weight excluding hydrogens is 308 g/mol. The zero-order valence-electron chi connectivity index (χ0n) is 19.0. The van der Waals surface area contributed by atoms with Crippen LogP contribution in [0, 0.1) is 0 Å². The first-order valence-corrected chi connectivity index (χ1v) is 10.6. The Morgan fingerprint density at radius 1 is 0.480 bits per heavy atom. The molecule has 0 aromatic heterocycles. The Balaban J connectivity index is -0.000000119. The van der Waals surface area contributed by atoms with Crippen molar-refractivity contribution in [3.05, 3.63) is 0 Å². The van der Waals surface area contributed by atoms with E-state index < -0.39 is 0 Å². The van der Waals surface area contributed by atoms with Gasteiger partial charge in [0.25, 0.3) is 0 Å². The molecule has 0 aromatic carbocycles. The van der Waals surface area contributed by atoms with E-state index in [1.165, 1.54) is 38.5 Å². The van der Waals surface area contributed by atoms with Gasteiger partial charge in [-0.15, -0.1) is 0 Å². The zero-order chi connectivity index (χ0) is 20.7. The smallest absolute Gasteiger partial charge is 0.00104 e. The summed E-state index contributed by atoms with van der Waals surface area (Å²) >= 11 is 0. The Morgan fingerprint density at radius 2 is 0.800 bits per heavy atom. The van der Waals surface area contributed by atoms with Crippen LogP contribution in [0.3, 0.4) is 0 Å². The first-order valence-electron chi connectivity index (χ1n) is 10.6. The molecule has 0 saturated carbocycles. The molecule has 25 heavy (non-hydrogen) atoms. The van der Waals surface area contributed by atoms with Crippen LogP contribution in [-0.4, -0.2) is 24.2 Å². The predicted octanol–water partition coefficient (Wildman–Crippen LogP) is 4.92. The molecule has 0 heterocycles. The maximum absolute atomic E-state index is 5.53. The third-order valence-corrected chi connectivity index (χ3v) is 3.40. The molecule has 0 aliphatic heterocycles. The third kappa shape index (κ3) is 69.0. The van der Waals surface area contributed by atoms with Crippen LogP contribution in [0.1, 0.15) is 113 Å². The fraction of sp³-hybridized carbons (Fsp3) is 1.00. The van der Waals surface area contributed by atoms with E-state index in [1.54, 1.807) is 0 Å². The van der Waals surface area contributed by atoms with Crippen LogP contribution < -0.4 is 22.9 Å². The van der Waals surface area contributed by atoms with Crippen molar-refractivity contribution in [1.82, 2.24) is 0 Å². The van der Waals surface area contributed by atoms with Gasteiger partial charge in [-0.25, -0.2) is 0 Å². The highest BCUT2D eigenvalue weighted by Crippen LogP contribution is 1.99. The number of hydrogen-bond donors (Lipinski definition) is 4. The highest BCUT2D eigenvalue weighted by molar-refractivity contribution is 4.51. The number of rotatable bonds is 9. The Hall–Kier alpha value is -0.160. The van der Waals surface area contributed by atoms with E-state index in [9.17, 15) is 0 Å². The Labute approximate surface area is 160 Å². The number of nitrogens with two attached hydrogens (primary N) is 4. The first kappa shape index (κ1) is 32.5. The van der Waals surface area contributed by atoms with E-state index in [1.807, 2.05) is 20.8 Å². The van der Waals surface area contributed by atoms with E-state index >= 15 is 0 Å². The largest absolute Gasteiger partial charge is 0.328 e. The fourth-order valence-electron chi connectivity index (χ4n) is 1.63. The molecule has 0 aromatic rings. The van der Waals surface area contributed by atoms with Gasteiger partial charge in [0.15, 0.2) is 0 Å². The molecule has 0 amide bonds. The molecule has 0 radical (unpaired) electrons. The number of hydrogen-bond acceptors (Lipinski definition) is 4. The minimum atomic E-state index is 0.384. The van der Waals surface area contributed by atoms with Crippen molar-refractivity contribution in [1.29, 1.82) is 0 Å². The van der Waals surface area contributed by atoms with Crippen molar-refractivity contribution in [2.75, 3.05) is 0 Å². The first-order chi connectivity index (χ1) is 11.6. The summed E-state index contributed by atoms with van der Waals surface area (Å²) < 4.78 is 0. The molecule has 8 N–H and O–H groups in total. The lowest BCUT2D eigenvalue weighted by atomic mass is 10.1. The normalized spacial score (nSPS) is 14.4. The van der Waals surface area contributed by atoms with Crippen molar-refractivity contribution in [3.63, 3.8) is 0 Å².